The predicted molar refractivity (Wildman–Crippen MR) is 129 cm³/mol. The maximum Gasteiger partial charge on any atom is 0.315 e. The van der Waals surface area contributed by atoms with Crippen LogP contribution in [0.5, 0.6) is 0 Å². The summed E-state index contributed by atoms with van der Waals surface area (Å²) < 4.78 is 0. The molecule has 3 atom stereocenters. The molecule has 1 aromatic carbocycles. The van der Waals surface area contributed by atoms with Crippen LogP contribution in [-0.4, -0.2) is 61.5 Å². The molecule has 6 heteroatoms. The first-order valence-corrected chi connectivity index (χ1v) is 12.0. The number of hydrogen-bond donors (Lipinski definition) is 2. The van der Waals surface area contributed by atoms with Gasteiger partial charge in [0.2, 0.25) is 5.91 Å². The summed E-state index contributed by atoms with van der Waals surface area (Å²) in [4.78, 5) is 29.5. The van der Waals surface area contributed by atoms with E-state index < -0.39 is 0 Å². The van der Waals surface area contributed by atoms with Crippen molar-refractivity contribution in [3.8, 4) is 0 Å². The number of amides is 3. The number of carbonyl (C=O) groups is 2. The van der Waals surface area contributed by atoms with Crippen LogP contribution in [0, 0.1) is 23.7 Å². The molecule has 0 unspecified atom stereocenters. The average molecular weight is 441 g/mol. The van der Waals surface area contributed by atoms with E-state index in [9.17, 15) is 9.59 Å². The molecule has 176 valence electrons. The molecule has 3 rings (SSSR count). The van der Waals surface area contributed by atoms with Crippen LogP contribution < -0.4 is 10.6 Å². The molecule has 0 radical (unpaired) electrons. The predicted octanol–water partition coefficient (Wildman–Crippen LogP) is 3.50. The largest absolute Gasteiger partial charge is 0.340 e. The molecule has 2 N–H and O–H groups in total. The maximum absolute atomic E-state index is 12.9. The minimum atomic E-state index is -0.130. The van der Waals surface area contributed by atoms with Gasteiger partial charge in [-0.3, -0.25) is 4.79 Å². The van der Waals surface area contributed by atoms with Gasteiger partial charge >= 0.3 is 6.03 Å². The van der Waals surface area contributed by atoms with Gasteiger partial charge in [0.15, 0.2) is 0 Å². The lowest BCUT2D eigenvalue weighted by Gasteiger charge is -2.38. The van der Waals surface area contributed by atoms with E-state index in [1.807, 2.05) is 35.2 Å². The van der Waals surface area contributed by atoms with Crippen molar-refractivity contribution in [1.29, 1.82) is 0 Å². The highest BCUT2D eigenvalue weighted by atomic mass is 16.2. The average Bonchev–Trinajstić information content (AvgIpc) is 2.78. The second-order valence-corrected chi connectivity index (χ2v) is 9.85. The molecule has 1 fully saturated rings. The Balaban J connectivity index is 1.53. The minimum absolute atomic E-state index is 0.130. The molecule has 0 aromatic heterocycles. The highest BCUT2D eigenvalue weighted by molar-refractivity contribution is 5.77. The van der Waals surface area contributed by atoms with Gasteiger partial charge in [0.05, 0.1) is 0 Å². The zero-order valence-corrected chi connectivity index (χ0v) is 20.1. The zero-order valence-electron chi connectivity index (χ0n) is 20.1. The summed E-state index contributed by atoms with van der Waals surface area (Å²) in [6.07, 6.45) is 3.93. The first-order valence-electron chi connectivity index (χ1n) is 12.0. The number of likely N-dealkylation sites (N-methyl/N-ethyl adjacent to an activating group) is 1. The van der Waals surface area contributed by atoms with Crippen LogP contribution in [0.3, 0.4) is 0 Å². The Kier molecular flexibility index (Phi) is 8.74. The summed E-state index contributed by atoms with van der Waals surface area (Å²) in [6.45, 7) is 11.4. The van der Waals surface area contributed by atoms with Crippen LogP contribution in [0.25, 0.3) is 0 Å². The summed E-state index contributed by atoms with van der Waals surface area (Å²) in [5, 5.41) is 6.01. The Labute approximate surface area is 193 Å². The SMILES string of the molecule is CC1=C[C@@H](CNC(=O)NCc2ccccc2)[C@H](C(C)C)C[C@H]1CC(=O)N1CCN(C)CC1. The fraction of sp³-hybridized carbons (Fsp3) is 0.615. The second-order valence-electron chi connectivity index (χ2n) is 9.85. The molecule has 2 aliphatic rings. The quantitative estimate of drug-likeness (QED) is 0.638. The van der Waals surface area contributed by atoms with E-state index in [0.717, 1.165) is 38.2 Å². The third kappa shape index (κ3) is 6.83. The molecule has 1 aliphatic heterocycles. The Morgan fingerprint density at radius 3 is 2.41 bits per heavy atom. The standard InChI is InChI=1S/C26H40N4O2/c1-19(2)24-15-22(16-25(31)30-12-10-29(4)11-13-30)20(3)14-23(24)18-28-26(32)27-17-21-8-6-5-7-9-21/h5-9,14,19,22-24H,10-13,15-18H2,1-4H3,(H2,27,28,32)/t22-,23-,24-/m0/s1. The molecule has 1 saturated heterocycles. The van der Waals surface area contributed by atoms with Gasteiger partial charge in [0.1, 0.15) is 0 Å². The van der Waals surface area contributed by atoms with E-state index in [1.54, 1.807) is 0 Å². The molecular formula is C26H40N4O2. The molecule has 32 heavy (non-hydrogen) atoms. The lowest BCUT2D eigenvalue weighted by atomic mass is 9.69. The third-order valence-electron chi connectivity index (χ3n) is 7.16. The van der Waals surface area contributed by atoms with E-state index in [2.05, 4.69) is 49.4 Å². The van der Waals surface area contributed by atoms with Gasteiger partial charge in [-0.05, 0) is 49.6 Å². The van der Waals surface area contributed by atoms with Crippen molar-refractivity contribution in [3.63, 3.8) is 0 Å². The molecule has 0 spiro atoms. The van der Waals surface area contributed by atoms with Crippen molar-refractivity contribution >= 4 is 11.9 Å². The Morgan fingerprint density at radius 2 is 1.75 bits per heavy atom. The lowest BCUT2D eigenvalue weighted by molar-refractivity contribution is -0.133. The Morgan fingerprint density at radius 1 is 1.06 bits per heavy atom. The summed E-state index contributed by atoms with van der Waals surface area (Å²) >= 11 is 0. The van der Waals surface area contributed by atoms with Crippen molar-refractivity contribution in [2.24, 2.45) is 23.7 Å². The van der Waals surface area contributed by atoms with E-state index in [-0.39, 0.29) is 11.9 Å². The number of allylic oxidation sites excluding steroid dienone is 1. The molecular weight excluding hydrogens is 400 g/mol. The van der Waals surface area contributed by atoms with Gasteiger partial charge in [0.25, 0.3) is 0 Å². The monoisotopic (exact) mass is 440 g/mol. The lowest BCUT2D eigenvalue weighted by Crippen LogP contribution is -2.47. The first-order chi connectivity index (χ1) is 15.3. The van der Waals surface area contributed by atoms with Gasteiger partial charge in [-0.1, -0.05) is 55.8 Å². The maximum atomic E-state index is 12.9. The highest BCUT2D eigenvalue weighted by Crippen LogP contribution is 2.39. The van der Waals surface area contributed by atoms with Crippen LogP contribution in [0.1, 0.15) is 39.2 Å². The minimum Gasteiger partial charge on any atom is -0.340 e. The van der Waals surface area contributed by atoms with Crippen LogP contribution in [0.4, 0.5) is 4.79 Å². The van der Waals surface area contributed by atoms with E-state index in [4.69, 9.17) is 0 Å². The fourth-order valence-corrected chi connectivity index (χ4v) is 4.95. The number of carbonyl (C=O) groups excluding carboxylic acids is 2. The number of piperazine rings is 1. The van der Waals surface area contributed by atoms with Crippen LogP contribution >= 0.6 is 0 Å². The summed E-state index contributed by atoms with van der Waals surface area (Å²) in [7, 11) is 2.11. The summed E-state index contributed by atoms with van der Waals surface area (Å²) in [6, 6.07) is 9.80. The first kappa shape index (κ1) is 24.3. The summed E-state index contributed by atoms with van der Waals surface area (Å²) in [5.41, 5.74) is 2.38. The van der Waals surface area contributed by atoms with Crippen molar-refractivity contribution < 1.29 is 9.59 Å². The number of nitrogens with one attached hydrogen (secondary N) is 2. The van der Waals surface area contributed by atoms with Crippen LogP contribution in [-0.2, 0) is 11.3 Å². The van der Waals surface area contributed by atoms with Crippen molar-refractivity contribution in [1.82, 2.24) is 20.4 Å². The van der Waals surface area contributed by atoms with Crippen LogP contribution in [0.15, 0.2) is 42.0 Å². The van der Waals surface area contributed by atoms with Crippen molar-refractivity contribution in [2.45, 2.75) is 40.2 Å². The van der Waals surface area contributed by atoms with Crippen molar-refractivity contribution in [3.05, 3.63) is 47.5 Å². The topological polar surface area (TPSA) is 64.7 Å². The molecule has 6 nitrogen and oxygen atoms in total. The van der Waals surface area contributed by atoms with E-state index in [1.165, 1.54) is 5.57 Å². The Hall–Kier alpha value is -2.34. The van der Waals surface area contributed by atoms with Gasteiger partial charge in [-0.25, -0.2) is 4.79 Å². The van der Waals surface area contributed by atoms with E-state index >= 15 is 0 Å². The number of urea groups is 1. The van der Waals surface area contributed by atoms with E-state index in [0.29, 0.717) is 43.2 Å². The van der Waals surface area contributed by atoms with Crippen molar-refractivity contribution in [2.75, 3.05) is 39.8 Å². The van der Waals surface area contributed by atoms with Crippen LogP contribution in [0.2, 0.25) is 0 Å². The fourth-order valence-electron chi connectivity index (χ4n) is 4.95. The zero-order chi connectivity index (χ0) is 23.1. The van der Waals surface area contributed by atoms with Gasteiger partial charge in [-0.15, -0.1) is 0 Å². The van der Waals surface area contributed by atoms with Gasteiger partial charge in [-0.2, -0.15) is 0 Å². The normalized spacial score (nSPS) is 24.2. The second kappa shape index (κ2) is 11.5. The van der Waals surface area contributed by atoms with Gasteiger partial charge < -0.3 is 20.4 Å². The number of benzene rings is 1. The molecule has 0 saturated carbocycles. The smallest absolute Gasteiger partial charge is 0.315 e. The number of hydrogen-bond acceptors (Lipinski definition) is 3. The third-order valence-corrected chi connectivity index (χ3v) is 7.16. The molecule has 1 aromatic rings. The molecule has 1 aliphatic carbocycles. The highest BCUT2D eigenvalue weighted by Gasteiger charge is 2.33. The number of rotatable bonds is 7. The summed E-state index contributed by atoms with van der Waals surface area (Å²) in [5.74, 6) is 1.85. The Bertz CT molecular complexity index is 784. The number of nitrogens with zero attached hydrogens (tertiary/aromatic N) is 2. The molecule has 1 heterocycles. The molecule has 0 bridgehead atoms. The molecule has 3 amide bonds. The van der Waals surface area contributed by atoms with Gasteiger partial charge in [0, 0.05) is 45.7 Å².